The maximum absolute atomic E-state index is 12.7. The van der Waals surface area contributed by atoms with Crippen LogP contribution in [0.1, 0.15) is 11.7 Å². The van der Waals surface area contributed by atoms with E-state index in [2.05, 4.69) is 26.3 Å². The summed E-state index contributed by atoms with van der Waals surface area (Å²) in [5.41, 5.74) is 1.40. The van der Waals surface area contributed by atoms with Crippen molar-refractivity contribution in [2.45, 2.75) is 6.10 Å². The van der Waals surface area contributed by atoms with Crippen LogP contribution in [0.5, 0.6) is 5.75 Å². The summed E-state index contributed by atoms with van der Waals surface area (Å²) in [6.45, 7) is 0. The lowest BCUT2D eigenvalue weighted by Gasteiger charge is -2.19. The van der Waals surface area contributed by atoms with Crippen LogP contribution in [0, 0.1) is 0 Å². The van der Waals surface area contributed by atoms with Crippen LogP contribution in [0.15, 0.2) is 71.5 Å². The van der Waals surface area contributed by atoms with E-state index < -0.39 is 6.10 Å². The zero-order valence-corrected chi connectivity index (χ0v) is 14.6. The second kappa shape index (κ2) is 7.31. The number of nitrogens with zero attached hydrogens (tertiary/aromatic N) is 2. The van der Waals surface area contributed by atoms with E-state index in [1.54, 1.807) is 24.1 Å². The van der Waals surface area contributed by atoms with Crippen molar-refractivity contribution in [3.05, 3.63) is 77.0 Å². The average Bonchev–Trinajstić information content (AvgIpc) is 2.99. The Balaban J connectivity index is 1.87. The highest BCUT2D eigenvalue weighted by molar-refractivity contribution is 9.10. The molecule has 2 aromatic carbocycles. The number of para-hydroxylation sites is 1. The SMILES string of the molecule is Cn1cc(NC(=O)[C@H](Oc2ccccc2Br)c2ccccc2)cn1. The maximum atomic E-state index is 12.7. The molecule has 1 amide bonds. The largest absolute Gasteiger partial charge is 0.475 e. The lowest BCUT2D eigenvalue weighted by molar-refractivity contribution is -0.123. The second-order valence-corrected chi connectivity index (χ2v) is 6.09. The van der Waals surface area contributed by atoms with E-state index in [4.69, 9.17) is 4.74 Å². The third kappa shape index (κ3) is 3.83. The first-order valence-corrected chi connectivity index (χ1v) is 8.18. The van der Waals surface area contributed by atoms with E-state index in [9.17, 15) is 4.79 Å². The van der Waals surface area contributed by atoms with Crippen molar-refractivity contribution in [3.8, 4) is 5.75 Å². The molecule has 1 N–H and O–H groups in total. The molecule has 0 fully saturated rings. The Hall–Kier alpha value is -2.60. The Morgan fingerprint density at radius 2 is 1.88 bits per heavy atom. The van der Waals surface area contributed by atoms with Crippen molar-refractivity contribution in [1.29, 1.82) is 0 Å². The Labute approximate surface area is 148 Å². The molecule has 0 aliphatic carbocycles. The van der Waals surface area contributed by atoms with Crippen LogP contribution >= 0.6 is 15.9 Å². The van der Waals surface area contributed by atoms with Gasteiger partial charge in [-0.05, 0) is 28.1 Å². The van der Waals surface area contributed by atoms with Crippen LogP contribution in [0.25, 0.3) is 0 Å². The number of aromatic nitrogens is 2. The number of hydrogen-bond donors (Lipinski definition) is 1. The van der Waals surface area contributed by atoms with Gasteiger partial charge in [-0.2, -0.15) is 5.10 Å². The van der Waals surface area contributed by atoms with Gasteiger partial charge in [0.15, 0.2) is 0 Å². The minimum absolute atomic E-state index is 0.259. The zero-order valence-electron chi connectivity index (χ0n) is 13.0. The zero-order chi connectivity index (χ0) is 16.9. The molecule has 3 aromatic rings. The molecule has 0 unspecified atom stereocenters. The summed E-state index contributed by atoms with van der Waals surface area (Å²) in [6, 6.07) is 16.8. The fourth-order valence-electron chi connectivity index (χ4n) is 2.26. The molecule has 0 aliphatic rings. The molecular formula is C18H16BrN3O2. The fraction of sp³-hybridized carbons (Fsp3) is 0.111. The van der Waals surface area contributed by atoms with Gasteiger partial charge in [-0.15, -0.1) is 0 Å². The minimum Gasteiger partial charge on any atom is -0.475 e. The van der Waals surface area contributed by atoms with Gasteiger partial charge in [0.05, 0.1) is 16.4 Å². The Kier molecular flexibility index (Phi) is 4.96. The Morgan fingerprint density at radius 1 is 1.17 bits per heavy atom. The number of aryl methyl sites for hydroxylation is 1. The highest BCUT2D eigenvalue weighted by atomic mass is 79.9. The van der Waals surface area contributed by atoms with Crippen LogP contribution in [0.4, 0.5) is 5.69 Å². The van der Waals surface area contributed by atoms with Gasteiger partial charge < -0.3 is 10.1 Å². The average molecular weight is 386 g/mol. The van der Waals surface area contributed by atoms with Gasteiger partial charge >= 0.3 is 0 Å². The quantitative estimate of drug-likeness (QED) is 0.723. The van der Waals surface area contributed by atoms with Gasteiger partial charge in [-0.25, -0.2) is 0 Å². The Bertz CT molecular complexity index is 833. The van der Waals surface area contributed by atoms with Gasteiger partial charge in [0.25, 0.3) is 5.91 Å². The number of anilines is 1. The molecule has 1 atom stereocenters. The van der Waals surface area contributed by atoms with Gasteiger partial charge in [0, 0.05) is 18.8 Å². The first kappa shape index (κ1) is 16.3. The van der Waals surface area contributed by atoms with Crippen molar-refractivity contribution in [1.82, 2.24) is 9.78 Å². The normalized spacial score (nSPS) is 11.8. The monoisotopic (exact) mass is 385 g/mol. The standard InChI is InChI=1S/C18H16BrN3O2/c1-22-12-14(11-20-22)21-18(23)17(13-7-3-2-4-8-13)24-16-10-6-5-9-15(16)19/h2-12,17H,1H3,(H,21,23)/t17-/m1/s1. The molecule has 1 heterocycles. The molecule has 0 bridgehead atoms. The number of carbonyl (C=O) groups is 1. The number of carbonyl (C=O) groups excluding carboxylic acids is 1. The van der Waals surface area contributed by atoms with Crippen LogP contribution in [-0.2, 0) is 11.8 Å². The van der Waals surface area contributed by atoms with Crippen LogP contribution in [-0.4, -0.2) is 15.7 Å². The molecular weight excluding hydrogens is 370 g/mol. The Morgan fingerprint density at radius 3 is 2.54 bits per heavy atom. The summed E-state index contributed by atoms with van der Waals surface area (Å²) >= 11 is 3.45. The predicted molar refractivity (Wildman–Crippen MR) is 95.8 cm³/mol. The van der Waals surface area contributed by atoms with Crippen molar-refractivity contribution < 1.29 is 9.53 Å². The molecule has 0 saturated carbocycles. The second-order valence-electron chi connectivity index (χ2n) is 5.23. The summed E-state index contributed by atoms with van der Waals surface area (Å²) < 4.78 is 8.40. The van der Waals surface area contributed by atoms with Crippen LogP contribution in [0.3, 0.4) is 0 Å². The first-order chi connectivity index (χ1) is 11.6. The van der Waals surface area contributed by atoms with Crippen LogP contribution < -0.4 is 10.1 Å². The highest BCUT2D eigenvalue weighted by Crippen LogP contribution is 2.29. The molecule has 122 valence electrons. The molecule has 24 heavy (non-hydrogen) atoms. The van der Waals surface area contributed by atoms with Gasteiger partial charge in [-0.3, -0.25) is 9.48 Å². The topological polar surface area (TPSA) is 56.2 Å². The van der Waals surface area contributed by atoms with Gasteiger partial charge in [0.1, 0.15) is 5.75 Å². The van der Waals surface area contributed by atoms with E-state index in [1.165, 1.54) is 0 Å². The van der Waals surface area contributed by atoms with E-state index in [0.717, 1.165) is 10.0 Å². The number of halogens is 1. The summed E-state index contributed by atoms with van der Waals surface area (Å²) in [5, 5.41) is 6.89. The minimum atomic E-state index is -0.773. The summed E-state index contributed by atoms with van der Waals surface area (Å²) in [7, 11) is 1.79. The molecule has 1 aromatic heterocycles. The molecule has 0 aliphatic heterocycles. The van der Waals surface area contributed by atoms with Crippen molar-refractivity contribution in [2.75, 3.05) is 5.32 Å². The third-order valence-corrected chi connectivity index (χ3v) is 4.05. The molecule has 5 nitrogen and oxygen atoms in total. The number of amides is 1. The molecule has 6 heteroatoms. The predicted octanol–water partition coefficient (Wildman–Crippen LogP) is 3.94. The van der Waals surface area contributed by atoms with Crippen molar-refractivity contribution >= 4 is 27.5 Å². The fourth-order valence-corrected chi connectivity index (χ4v) is 2.64. The lowest BCUT2D eigenvalue weighted by Crippen LogP contribution is -2.25. The molecule has 0 saturated heterocycles. The van der Waals surface area contributed by atoms with E-state index >= 15 is 0 Å². The van der Waals surface area contributed by atoms with E-state index in [0.29, 0.717) is 11.4 Å². The maximum Gasteiger partial charge on any atom is 0.270 e. The number of ether oxygens (including phenoxy) is 1. The number of nitrogens with one attached hydrogen (secondary N) is 1. The van der Waals surface area contributed by atoms with Crippen LogP contribution in [0.2, 0.25) is 0 Å². The third-order valence-electron chi connectivity index (χ3n) is 3.39. The molecule has 3 rings (SSSR count). The summed E-state index contributed by atoms with van der Waals surface area (Å²) in [6.07, 6.45) is 2.56. The highest BCUT2D eigenvalue weighted by Gasteiger charge is 2.24. The number of rotatable bonds is 5. The lowest BCUT2D eigenvalue weighted by atomic mass is 10.1. The van der Waals surface area contributed by atoms with Gasteiger partial charge in [0.2, 0.25) is 6.10 Å². The van der Waals surface area contributed by atoms with Crippen molar-refractivity contribution in [3.63, 3.8) is 0 Å². The van der Waals surface area contributed by atoms with E-state index in [1.807, 2.05) is 54.6 Å². The molecule has 0 radical (unpaired) electrons. The molecule has 0 spiro atoms. The number of benzene rings is 2. The van der Waals surface area contributed by atoms with Crippen molar-refractivity contribution in [2.24, 2.45) is 7.05 Å². The van der Waals surface area contributed by atoms with E-state index in [-0.39, 0.29) is 5.91 Å². The smallest absolute Gasteiger partial charge is 0.270 e. The van der Waals surface area contributed by atoms with Gasteiger partial charge in [-0.1, -0.05) is 42.5 Å². The summed E-state index contributed by atoms with van der Waals surface area (Å²) in [4.78, 5) is 12.7. The first-order valence-electron chi connectivity index (χ1n) is 7.39. The summed E-state index contributed by atoms with van der Waals surface area (Å²) in [5.74, 6) is 0.345. The number of hydrogen-bond acceptors (Lipinski definition) is 3.